The number of benzene rings is 1. The monoisotopic (exact) mass is 426 g/mol. The summed E-state index contributed by atoms with van der Waals surface area (Å²) < 4.78 is 0. The van der Waals surface area contributed by atoms with E-state index in [1.807, 2.05) is 61.6 Å². The fraction of sp³-hybridized carbons (Fsp3) is 0.417. The molecule has 1 atom stereocenters. The Morgan fingerprint density at radius 2 is 1.90 bits per heavy atom. The molecule has 0 spiro atoms. The molecule has 6 heteroatoms. The number of carbonyl (C=O) groups excluding carboxylic acids is 2. The molecule has 3 rings (SSSR count). The van der Waals surface area contributed by atoms with E-state index in [-0.39, 0.29) is 16.7 Å². The van der Waals surface area contributed by atoms with Crippen molar-refractivity contribution >= 4 is 28.8 Å². The van der Waals surface area contributed by atoms with E-state index in [1.54, 1.807) is 4.90 Å². The van der Waals surface area contributed by atoms with Crippen LogP contribution in [0.3, 0.4) is 0 Å². The van der Waals surface area contributed by atoms with Crippen molar-refractivity contribution in [3.8, 4) is 0 Å². The third kappa shape index (κ3) is 4.20. The first-order chi connectivity index (χ1) is 14.0. The first kappa shape index (κ1) is 22.2. The van der Waals surface area contributed by atoms with Gasteiger partial charge in [-0.25, -0.2) is 0 Å². The summed E-state index contributed by atoms with van der Waals surface area (Å²) in [4.78, 5) is 30.4. The van der Waals surface area contributed by atoms with Gasteiger partial charge in [0, 0.05) is 23.5 Å². The molecule has 2 heterocycles. The molecule has 0 radical (unpaired) electrons. The highest BCUT2D eigenvalue weighted by Crippen LogP contribution is 2.41. The van der Waals surface area contributed by atoms with Gasteiger partial charge in [-0.15, -0.1) is 11.3 Å². The van der Waals surface area contributed by atoms with Crippen LogP contribution in [0.2, 0.25) is 0 Å². The molecular formula is C24H30N2O3S. The fourth-order valence-electron chi connectivity index (χ4n) is 3.65. The van der Waals surface area contributed by atoms with Crippen LogP contribution in [0, 0.1) is 6.92 Å². The number of aliphatic hydroxyl groups excluding tert-OH is 1. The van der Waals surface area contributed by atoms with Crippen molar-refractivity contribution < 1.29 is 14.7 Å². The smallest absolute Gasteiger partial charge is 0.295 e. The Bertz CT molecular complexity index is 984. The summed E-state index contributed by atoms with van der Waals surface area (Å²) in [7, 11) is 3.86. The number of aliphatic hydroxyl groups is 1. The van der Waals surface area contributed by atoms with Crippen molar-refractivity contribution in [2.75, 3.05) is 27.2 Å². The summed E-state index contributed by atoms with van der Waals surface area (Å²) >= 11 is 1.49. The van der Waals surface area contributed by atoms with Gasteiger partial charge in [-0.1, -0.05) is 39.0 Å². The summed E-state index contributed by atoms with van der Waals surface area (Å²) in [6, 6.07) is 9.18. The Morgan fingerprint density at radius 3 is 2.47 bits per heavy atom. The minimum Gasteiger partial charge on any atom is -0.507 e. The molecule has 160 valence electrons. The number of carbonyl (C=O) groups is 2. The Balaban J connectivity index is 2.17. The van der Waals surface area contributed by atoms with Crippen molar-refractivity contribution in [3.05, 3.63) is 62.9 Å². The minimum atomic E-state index is -0.620. The first-order valence-corrected chi connectivity index (χ1v) is 11.0. The lowest BCUT2D eigenvalue weighted by atomic mass is 9.84. The molecule has 30 heavy (non-hydrogen) atoms. The van der Waals surface area contributed by atoms with E-state index in [0.29, 0.717) is 18.7 Å². The van der Waals surface area contributed by atoms with Crippen molar-refractivity contribution in [1.29, 1.82) is 0 Å². The molecule has 1 N–H and O–H groups in total. The van der Waals surface area contributed by atoms with Gasteiger partial charge in [0.15, 0.2) is 0 Å². The Hall–Kier alpha value is -2.44. The zero-order chi connectivity index (χ0) is 22.2. The molecule has 0 aliphatic carbocycles. The maximum Gasteiger partial charge on any atom is 0.295 e. The lowest BCUT2D eigenvalue weighted by Crippen LogP contribution is -2.35. The van der Waals surface area contributed by atoms with Crippen LogP contribution in [0.5, 0.6) is 0 Å². The molecule has 1 unspecified atom stereocenters. The van der Waals surface area contributed by atoms with E-state index in [2.05, 4.69) is 20.8 Å². The number of likely N-dealkylation sites (N-methyl/N-ethyl adjacent to an activating group) is 1. The number of aryl methyl sites for hydroxylation is 1. The molecule has 1 aliphatic rings. The number of thiophene rings is 1. The van der Waals surface area contributed by atoms with Gasteiger partial charge in [-0.3, -0.25) is 9.59 Å². The number of Topliss-reactive ketones (excluding diaryl/α,β-unsaturated/α-hetero) is 1. The maximum atomic E-state index is 13.1. The highest BCUT2D eigenvalue weighted by molar-refractivity contribution is 7.10. The van der Waals surface area contributed by atoms with Gasteiger partial charge in [0.1, 0.15) is 5.76 Å². The standard InChI is InChI=1S/C24H30N2O3S/c1-15-9-10-16(24(2,3)4)14-17(15)21(27)19-20(18-8-7-13-30-18)26(12-11-25(5)6)23(29)22(19)28/h7-10,13-14,20,27H,11-12H2,1-6H3/b21-19+. The van der Waals surface area contributed by atoms with E-state index in [0.717, 1.165) is 16.0 Å². The van der Waals surface area contributed by atoms with Crippen LogP contribution in [-0.4, -0.2) is 53.8 Å². The molecule has 1 aromatic heterocycles. The van der Waals surface area contributed by atoms with Crippen LogP contribution in [0.4, 0.5) is 0 Å². The van der Waals surface area contributed by atoms with Crippen molar-refractivity contribution in [1.82, 2.24) is 9.80 Å². The molecule has 1 saturated heterocycles. The van der Waals surface area contributed by atoms with Crippen LogP contribution in [0.25, 0.3) is 5.76 Å². The molecule has 5 nitrogen and oxygen atoms in total. The number of hydrogen-bond acceptors (Lipinski definition) is 5. The van der Waals surface area contributed by atoms with E-state index < -0.39 is 17.7 Å². The van der Waals surface area contributed by atoms with Crippen LogP contribution in [0.1, 0.15) is 48.4 Å². The first-order valence-electron chi connectivity index (χ1n) is 10.1. The van der Waals surface area contributed by atoms with Crippen LogP contribution in [-0.2, 0) is 15.0 Å². The highest BCUT2D eigenvalue weighted by Gasteiger charge is 2.46. The van der Waals surface area contributed by atoms with Gasteiger partial charge in [0.2, 0.25) is 0 Å². The van der Waals surface area contributed by atoms with Crippen LogP contribution in [0.15, 0.2) is 41.3 Å². The third-order valence-electron chi connectivity index (χ3n) is 5.50. The van der Waals surface area contributed by atoms with Gasteiger partial charge in [-0.2, -0.15) is 0 Å². The molecule has 1 amide bonds. The predicted molar refractivity (Wildman–Crippen MR) is 122 cm³/mol. The average molecular weight is 427 g/mol. The summed E-state index contributed by atoms with van der Waals surface area (Å²) in [6.45, 7) is 9.27. The van der Waals surface area contributed by atoms with E-state index in [4.69, 9.17) is 0 Å². The van der Waals surface area contributed by atoms with E-state index >= 15 is 0 Å². The molecule has 2 aromatic rings. The summed E-state index contributed by atoms with van der Waals surface area (Å²) in [5, 5.41) is 13.2. The number of rotatable bonds is 5. The topological polar surface area (TPSA) is 60.9 Å². The van der Waals surface area contributed by atoms with E-state index in [9.17, 15) is 14.7 Å². The van der Waals surface area contributed by atoms with Crippen LogP contribution >= 0.6 is 11.3 Å². The van der Waals surface area contributed by atoms with Gasteiger partial charge in [0.05, 0.1) is 11.6 Å². The highest BCUT2D eigenvalue weighted by atomic mass is 32.1. The third-order valence-corrected chi connectivity index (χ3v) is 6.42. The number of likely N-dealkylation sites (tertiary alicyclic amines) is 1. The van der Waals surface area contributed by atoms with Gasteiger partial charge in [-0.05, 0) is 55.1 Å². The molecular weight excluding hydrogens is 396 g/mol. The summed E-state index contributed by atoms with van der Waals surface area (Å²) in [5.74, 6) is -1.27. The normalized spacial score (nSPS) is 19.2. The summed E-state index contributed by atoms with van der Waals surface area (Å²) in [6.07, 6.45) is 0. The number of nitrogens with zero attached hydrogens (tertiary/aromatic N) is 2. The molecule has 0 saturated carbocycles. The second-order valence-corrected chi connectivity index (χ2v) is 10.1. The van der Waals surface area contributed by atoms with Crippen molar-refractivity contribution in [2.45, 2.75) is 39.2 Å². The van der Waals surface area contributed by atoms with Gasteiger partial charge >= 0.3 is 0 Å². The lowest BCUT2D eigenvalue weighted by Gasteiger charge is -2.26. The Kier molecular flexibility index (Phi) is 6.20. The number of ketones is 1. The molecule has 1 aliphatic heterocycles. The zero-order valence-electron chi connectivity index (χ0n) is 18.5. The van der Waals surface area contributed by atoms with E-state index in [1.165, 1.54) is 11.3 Å². The van der Waals surface area contributed by atoms with Gasteiger partial charge in [0.25, 0.3) is 11.7 Å². The number of hydrogen-bond donors (Lipinski definition) is 1. The minimum absolute atomic E-state index is 0.0947. The van der Waals surface area contributed by atoms with Crippen molar-refractivity contribution in [2.24, 2.45) is 0 Å². The molecule has 1 aromatic carbocycles. The average Bonchev–Trinajstić information content (AvgIpc) is 3.26. The fourth-order valence-corrected chi connectivity index (χ4v) is 4.50. The summed E-state index contributed by atoms with van der Waals surface area (Å²) in [5.41, 5.74) is 2.60. The second kappa shape index (κ2) is 8.36. The van der Waals surface area contributed by atoms with Crippen LogP contribution < -0.4 is 0 Å². The number of amides is 1. The maximum absolute atomic E-state index is 13.1. The molecule has 1 fully saturated rings. The quantitative estimate of drug-likeness (QED) is 0.439. The zero-order valence-corrected chi connectivity index (χ0v) is 19.3. The predicted octanol–water partition coefficient (Wildman–Crippen LogP) is 4.34. The Labute approximate surface area is 182 Å². The largest absolute Gasteiger partial charge is 0.507 e. The molecule has 0 bridgehead atoms. The SMILES string of the molecule is Cc1ccc(C(C)(C)C)cc1/C(O)=C1\C(=O)C(=O)N(CCN(C)C)C1c1cccs1. The second-order valence-electron chi connectivity index (χ2n) is 9.09. The lowest BCUT2D eigenvalue weighted by molar-refractivity contribution is -0.140. The Morgan fingerprint density at radius 1 is 1.20 bits per heavy atom. The van der Waals surface area contributed by atoms with Crippen molar-refractivity contribution in [3.63, 3.8) is 0 Å². The van der Waals surface area contributed by atoms with Gasteiger partial charge < -0.3 is 14.9 Å².